The Morgan fingerprint density at radius 1 is 1.20 bits per heavy atom. The number of rotatable bonds is 11. The predicted octanol–water partition coefficient (Wildman–Crippen LogP) is -3.13. The van der Waals surface area contributed by atoms with Crippen molar-refractivity contribution in [2.45, 2.75) is 50.9 Å². The van der Waals surface area contributed by atoms with Gasteiger partial charge in [0.05, 0.1) is 18.8 Å². The molecular formula is C11H25N3O6. The van der Waals surface area contributed by atoms with Crippen LogP contribution in [0.3, 0.4) is 0 Å². The Morgan fingerprint density at radius 2 is 1.80 bits per heavy atom. The minimum Gasteiger partial charge on any atom is -0.395 e. The van der Waals surface area contributed by atoms with Crippen molar-refractivity contribution >= 4 is 5.78 Å². The third kappa shape index (κ3) is 7.82. The average molecular weight is 295 g/mol. The lowest BCUT2D eigenvalue weighted by Crippen LogP contribution is -2.54. The molecule has 0 saturated carbocycles. The number of Topliss-reactive ketones (excluding diaryl/α,β-unsaturated/α-hetero) is 1. The largest absolute Gasteiger partial charge is 0.395 e. The fourth-order valence-electron chi connectivity index (χ4n) is 1.57. The van der Waals surface area contributed by atoms with E-state index in [1.807, 2.05) is 0 Å². The molecule has 0 radical (unpaired) electrons. The summed E-state index contributed by atoms with van der Waals surface area (Å²) >= 11 is 0. The molecule has 0 heterocycles. The minimum absolute atomic E-state index is 0.0642. The smallest absolute Gasteiger partial charge is 0.131 e. The van der Waals surface area contributed by atoms with E-state index >= 15 is 0 Å². The highest BCUT2D eigenvalue weighted by Gasteiger charge is 2.22. The van der Waals surface area contributed by atoms with Crippen LogP contribution < -0.4 is 16.1 Å². The summed E-state index contributed by atoms with van der Waals surface area (Å²) in [6.45, 7) is 2.26. The maximum Gasteiger partial charge on any atom is 0.131 e. The van der Waals surface area contributed by atoms with E-state index in [-0.39, 0.29) is 18.7 Å². The van der Waals surface area contributed by atoms with Crippen LogP contribution in [0.2, 0.25) is 0 Å². The van der Waals surface area contributed by atoms with Crippen LogP contribution in [0.1, 0.15) is 20.3 Å². The summed E-state index contributed by atoms with van der Waals surface area (Å²) in [4.78, 5) is 11.0. The zero-order valence-corrected chi connectivity index (χ0v) is 11.7. The van der Waals surface area contributed by atoms with Gasteiger partial charge in [-0.05, 0) is 13.8 Å². The number of aliphatic hydroxyl groups is 4. The maximum atomic E-state index is 11.0. The van der Waals surface area contributed by atoms with Gasteiger partial charge >= 0.3 is 0 Å². The first-order chi connectivity index (χ1) is 9.31. The SMILES string of the molecule is CC(=O)C[C@H](NC(O)CNC(O)[C@H](CO)NO)C(C)O. The van der Waals surface area contributed by atoms with Crippen LogP contribution in [0.5, 0.6) is 0 Å². The van der Waals surface area contributed by atoms with Gasteiger partial charge in [-0.25, -0.2) is 0 Å². The summed E-state index contributed by atoms with van der Waals surface area (Å²) in [6, 6.07) is -1.60. The van der Waals surface area contributed by atoms with Crippen molar-refractivity contribution in [1.29, 1.82) is 0 Å². The van der Waals surface area contributed by atoms with E-state index in [1.54, 1.807) is 5.48 Å². The molecule has 9 nitrogen and oxygen atoms in total. The van der Waals surface area contributed by atoms with Gasteiger partial charge in [0.25, 0.3) is 0 Å². The van der Waals surface area contributed by atoms with E-state index in [0.717, 1.165) is 0 Å². The Bertz CT molecular complexity index is 275. The lowest BCUT2D eigenvalue weighted by atomic mass is 10.1. The van der Waals surface area contributed by atoms with Gasteiger partial charge in [-0.3, -0.25) is 15.4 Å². The molecular weight excluding hydrogens is 270 g/mol. The summed E-state index contributed by atoms with van der Waals surface area (Å²) < 4.78 is 0. The van der Waals surface area contributed by atoms with Gasteiger partial charge < -0.3 is 25.6 Å². The number of nitrogens with one attached hydrogen (secondary N) is 3. The highest BCUT2D eigenvalue weighted by atomic mass is 16.5. The Kier molecular flexibility index (Phi) is 9.80. The Balaban J connectivity index is 4.19. The van der Waals surface area contributed by atoms with Crippen molar-refractivity contribution < 1.29 is 30.4 Å². The van der Waals surface area contributed by atoms with E-state index in [1.165, 1.54) is 13.8 Å². The van der Waals surface area contributed by atoms with Gasteiger partial charge in [0, 0.05) is 19.0 Å². The summed E-state index contributed by atoms with van der Waals surface area (Å²) in [5.41, 5.74) is 1.71. The third-order valence-corrected chi connectivity index (χ3v) is 2.76. The molecule has 0 aromatic rings. The Labute approximate surface area is 117 Å². The molecule has 0 spiro atoms. The fraction of sp³-hybridized carbons (Fsp3) is 0.909. The highest BCUT2D eigenvalue weighted by Crippen LogP contribution is 2.01. The third-order valence-electron chi connectivity index (χ3n) is 2.76. The fourth-order valence-corrected chi connectivity index (χ4v) is 1.57. The second-order valence-electron chi connectivity index (χ2n) is 4.71. The number of ketones is 1. The van der Waals surface area contributed by atoms with Gasteiger partial charge in [-0.15, -0.1) is 0 Å². The molecule has 0 amide bonds. The average Bonchev–Trinajstić information content (AvgIpc) is 2.36. The van der Waals surface area contributed by atoms with Crippen molar-refractivity contribution in [3.63, 3.8) is 0 Å². The van der Waals surface area contributed by atoms with Crippen LogP contribution in [-0.4, -0.2) is 75.2 Å². The van der Waals surface area contributed by atoms with Gasteiger partial charge in [-0.1, -0.05) is 0 Å². The number of hydrogen-bond acceptors (Lipinski definition) is 9. The molecule has 0 aliphatic rings. The topological polar surface area (TPSA) is 154 Å². The first-order valence-corrected chi connectivity index (χ1v) is 6.35. The Hall–Kier alpha value is -0.650. The van der Waals surface area contributed by atoms with Gasteiger partial charge in [0.2, 0.25) is 0 Å². The molecule has 8 N–H and O–H groups in total. The van der Waals surface area contributed by atoms with E-state index in [4.69, 9.17) is 10.3 Å². The van der Waals surface area contributed by atoms with Crippen molar-refractivity contribution in [3.8, 4) is 0 Å². The van der Waals surface area contributed by atoms with E-state index < -0.39 is 37.3 Å². The van der Waals surface area contributed by atoms with Crippen LogP contribution in [0, 0.1) is 0 Å². The molecule has 5 atom stereocenters. The molecule has 0 bridgehead atoms. The van der Waals surface area contributed by atoms with Gasteiger partial charge in [0.15, 0.2) is 0 Å². The van der Waals surface area contributed by atoms with E-state index in [9.17, 15) is 20.1 Å². The molecule has 9 heteroatoms. The van der Waals surface area contributed by atoms with Crippen molar-refractivity contribution in [2.75, 3.05) is 13.2 Å². The number of hydroxylamine groups is 1. The molecule has 0 rings (SSSR count). The molecule has 0 aliphatic heterocycles. The molecule has 0 aromatic carbocycles. The minimum atomic E-state index is -1.28. The molecule has 0 aliphatic carbocycles. The molecule has 0 fully saturated rings. The maximum absolute atomic E-state index is 11.0. The number of aliphatic hydroxyl groups excluding tert-OH is 4. The lowest BCUT2D eigenvalue weighted by molar-refractivity contribution is -0.118. The number of carbonyl (C=O) groups is 1. The normalized spacial score (nSPS) is 19.1. The van der Waals surface area contributed by atoms with Crippen LogP contribution in [0.15, 0.2) is 0 Å². The molecule has 0 aromatic heterocycles. The Morgan fingerprint density at radius 3 is 2.20 bits per heavy atom. The lowest BCUT2D eigenvalue weighted by Gasteiger charge is -2.26. The van der Waals surface area contributed by atoms with Gasteiger partial charge in [-0.2, -0.15) is 5.48 Å². The zero-order valence-electron chi connectivity index (χ0n) is 11.7. The van der Waals surface area contributed by atoms with E-state index in [0.29, 0.717) is 0 Å². The molecule has 20 heavy (non-hydrogen) atoms. The van der Waals surface area contributed by atoms with E-state index in [2.05, 4.69) is 10.6 Å². The first kappa shape index (κ1) is 19.4. The standard InChI is InChI=1S/C11H25N3O6/c1-6(16)3-8(7(2)17)13-10(18)4-12-11(19)9(5-15)14-20/h7-15,17-20H,3-5H2,1-2H3/t7?,8-,9-,10?,11?/m0/s1. The summed E-state index contributed by atoms with van der Waals surface area (Å²) in [5, 5.41) is 51.2. The van der Waals surface area contributed by atoms with Crippen LogP contribution >= 0.6 is 0 Å². The molecule has 3 unspecified atom stereocenters. The second kappa shape index (κ2) is 10.1. The molecule has 120 valence electrons. The zero-order chi connectivity index (χ0) is 15.7. The van der Waals surface area contributed by atoms with Crippen molar-refractivity contribution in [2.24, 2.45) is 0 Å². The monoisotopic (exact) mass is 295 g/mol. The first-order valence-electron chi connectivity index (χ1n) is 6.35. The van der Waals surface area contributed by atoms with Crippen LogP contribution in [0.4, 0.5) is 0 Å². The van der Waals surface area contributed by atoms with Crippen LogP contribution in [0.25, 0.3) is 0 Å². The van der Waals surface area contributed by atoms with Crippen LogP contribution in [-0.2, 0) is 4.79 Å². The van der Waals surface area contributed by atoms with Gasteiger partial charge in [0.1, 0.15) is 18.2 Å². The quantitative estimate of drug-likeness (QED) is 0.146. The number of hydrogen-bond donors (Lipinski definition) is 8. The molecule has 0 saturated heterocycles. The summed E-state index contributed by atoms with van der Waals surface area (Å²) in [7, 11) is 0. The summed E-state index contributed by atoms with van der Waals surface area (Å²) in [6.07, 6.45) is -3.17. The second-order valence-corrected chi connectivity index (χ2v) is 4.71. The predicted molar refractivity (Wildman–Crippen MR) is 69.7 cm³/mol. The summed E-state index contributed by atoms with van der Waals surface area (Å²) in [5.74, 6) is -0.131. The van der Waals surface area contributed by atoms with Crippen molar-refractivity contribution in [3.05, 3.63) is 0 Å². The highest BCUT2D eigenvalue weighted by molar-refractivity contribution is 5.76. The van der Waals surface area contributed by atoms with Crippen molar-refractivity contribution in [1.82, 2.24) is 16.1 Å². The number of carbonyl (C=O) groups excluding carboxylic acids is 1.